The van der Waals surface area contributed by atoms with Gasteiger partial charge in [-0.2, -0.15) is 4.99 Å². The average Bonchev–Trinajstić information content (AvgIpc) is 3.09. The molecule has 0 aliphatic rings. The zero-order valence-corrected chi connectivity index (χ0v) is 20.2. The van der Waals surface area contributed by atoms with Crippen molar-refractivity contribution in [2.24, 2.45) is 4.99 Å². The molecule has 0 unspecified atom stereocenters. The number of carbonyl (C=O) groups excluding carboxylic acids is 2. The Hall–Kier alpha value is -3.02. The molecule has 9 nitrogen and oxygen atoms in total. The number of sulfone groups is 1. The van der Waals surface area contributed by atoms with Gasteiger partial charge >= 0.3 is 0 Å². The monoisotopic (exact) mass is 491 g/mol. The van der Waals surface area contributed by atoms with Crippen LogP contribution < -0.4 is 14.9 Å². The van der Waals surface area contributed by atoms with Crippen LogP contribution in [0.4, 0.5) is 5.69 Å². The van der Waals surface area contributed by atoms with Crippen LogP contribution in [0.3, 0.4) is 0 Å². The third kappa shape index (κ3) is 6.28. The molecule has 0 bridgehead atoms. The van der Waals surface area contributed by atoms with Crippen LogP contribution in [0.25, 0.3) is 10.2 Å². The fraction of sp³-hybridized carbons (Fsp3) is 0.318. The van der Waals surface area contributed by atoms with Crippen molar-refractivity contribution in [3.63, 3.8) is 0 Å². The lowest BCUT2D eigenvalue weighted by Gasteiger charge is -2.07. The molecule has 0 radical (unpaired) electrons. The van der Waals surface area contributed by atoms with Gasteiger partial charge in [-0.3, -0.25) is 9.59 Å². The third-order valence-electron chi connectivity index (χ3n) is 4.62. The van der Waals surface area contributed by atoms with Gasteiger partial charge in [0, 0.05) is 25.8 Å². The highest BCUT2D eigenvalue weighted by molar-refractivity contribution is 7.92. The fourth-order valence-electron chi connectivity index (χ4n) is 3.12. The van der Waals surface area contributed by atoms with Gasteiger partial charge in [0.25, 0.3) is 5.91 Å². The number of aromatic nitrogens is 1. The molecule has 0 fully saturated rings. The van der Waals surface area contributed by atoms with E-state index in [0.717, 1.165) is 10.2 Å². The Bertz CT molecular complexity index is 1320. The Morgan fingerprint density at radius 1 is 1.15 bits per heavy atom. The van der Waals surface area contributed by atoms with E-state index in [0.29, 0.717) is 36.0 Å². The van der Waals surface area contributed by atoms with Gasteiger partial charge in [0.1, 0.15) is 11.5 Å². The van der Waals surface area contributed by atoms with Crippen molar-refractivity contribution in [1.29, 1.82) is 0 Å². The number of hydrogen-bond acceptors (Lipinski definition) is 7. The van der Waals surface area contributed by atoms with Gasteiger partial charge in [0.15, 0.2) is 14.6 Å². The molecule has 1 heterocycles. The third-order valence-corrected chi connectivity index (χ3v) is 7.28. The van der Waals surface area contributed by atoms with Gasteiger partial charge in [-0.15, -0.1) is 0 Å². The lowest BCUT2D eigenvalue weighted by atomic mass is 10.3. The largest absolute Gasteiger partial charge is 0.497 e. The molecule has 33 heavy (non-hydrogen) atoms. The molecule has 176 valence electrons. The standard InChI is InChI=1S/C22H25N3O6S2/c1-4-31-12-11-25-19-10-5-16(23-15(2)26)13-20(19)32-22(25)24-21(27)14-33(28,29)18-8-6-17(30-3)7-9-18/h5-10,13H,4,11-12,14H2,1-3H3,(H,23,26). The molecule has 2 aromatic carbocycles. The first-order chi connectivity index (χ1) is 15.7. The molecule has 3 rings (SSSR count). The summed E-state index contributed by atoms with van der Waals surface area (Å²) >= 11 is 1.24. The van der Waals surface area contributed by atoms with Crippen LogP contribution in [0.15, 0.2) is 52.4 Å². The van der Waals surface area contributed by atoms with E-state index in [1.807, 2.05) is 17.6 Å². The number of thiazole rings is 1. The van der Waals surface area contributed by atoms with Crippen molar-refractivity contribution >= 4 is 48.9 Å². The number of methoxy groups -OCH3 is 1. The molecule has 0 aliphatic carbocycles. The molecule has 2 amide bonds. The first-order valence-corrected chi connectivity index (χ1v) is 12.6. The molecule has 0 saturated heterocycles. The van der Waals surface area contributed by atoms with Gasteiger partial charge in [0.2, 0.25) is 5.91 Å². The molecule has 0 spiro atoms. The highest BCUT2D eigenvalue weighted by Crippen LogP contribution is 2.22. The van der Waals surface area contributed by atoms with Crippen LogP contribution in [0, 0.1) is 0 Å². The van der Waals surface area contributed by atoms with E-state index in [4.69, 9.17) is 9.47 Å². The van der Waals surface area contributed by atoms with Crippen LogP contribution >= 0.6 is 11.3 Å². The number of anilines is 1. The number of ether oxygens (including phenoxy) is 2. The second-order valence-corrected chi connectivity index (χ2v) is 10.0. The summed E-state index contributed by atoms with van der Waals surface area (Å²) in [6, 6.07) is 11.2. The quantitative estimate of drug-likeness (QED) is 0.460. The van der Waals surface area contributed by atoms with E-state index in [-0.39, 0.29) is 10.8 Å². The van der Waals surface area contributed by atoms with E-state index >= 15 is 0 Å². The van der Waals surface area contributed by atoms with Crippen molar-refractivity contribution in [3.8, 4) is 5.75 Å². The zero-order valence-electron chi connectivity index (χ0n) is 18.5. The Morgan fingerprint density at radius 3 is 2.52 bits per heavy atom. The van der Waals surface area contributed by atoms with E-state index < -0.39 is 21.5 Å². The molecular weight excluding hydrogens is 466 g/mol. The summed E-state index contributed by atoms with van der Waals surface area (Å²) in [6.07, 6.45) is 0. The lowest BCUT2D eigenvalue weighted by molar-refractivity contribution is -0.116. The average molecular weight is 492 g/mol. The maximum absolute atomic E-state index is 12.7. The number of hydrogen-bond donors (Lipinski definition) is 1. The molecule has 0 aliphatic heterocycles. The molecular formula is C22H25N3O6S2. The van der Waals surface area contributed by atoms with Crippen molar-refractivity contribution in [3.05, 3.63) is 47.3 Å². The summed E-state index contributed by atoms with van der Waals surface area (Å²) in [6.45, 7) is 4.69. The second-order valence-electron chi connectivity index (χ2n) is 7.04. The molecule has 0 atom stereocenters. The summed E-state index contributed by atoms with van der Waals surface area (Å²) in [4.78, 5) is 28.5. The number of nitrogens with one attached hydrogen (secondary N) is 1. The maximum atomic E-state index is 12.7. The highest BCUT2D eigenvalue weighted by atomic mass is 32.2. The Kier molecular flexibility index (Phi) is 8.01. The summed E-state index contributed by atoms with van der Waals surface area (Å²) in [5.41, 5.74) is 1.42. The van der Waals surface area contributed by atoms with Crippen LogP contribution in [-0.2, 0) is 30.7 Å². The highest BCUT2D eigenvalue weighted by Gasteiger charge is 2.20. The van der Waals surface area contributed by atoms with Crippen molar-refractivity contribution in [2.45, 2.75) is 25.3 Å². The fourth-order valence-corrected chi connectivity index (χ4v) is 5.34. The van der Waals surface area contributed by atoms with Gasteiger partial charge in [-0.05, 0) is 49.4 Å². The maximum Gasteiger partial charge on any atom is 0.263 e. The van der Waals surface area contributed by atoms with Crippen LogP contribution in [0.1, 0.15) is 13.8 Å². The molecule has 0 saturated carbocycles. The van der Waals surface area contributed by atoms with Crippen LogP contribution in [0.5, 0.6) is 5.75 Å². The van der Waals surface area contributed by atoms with Gasteiger partial charge in [0.05, 0.1) is 28.8 Å². The Labute approximate surface area is 195 Å². The topological polar surface area (TPSA) is 116 Å². The number of nitrogens with zero attached hydrogens (tertiary/aromatic N) is 2. The Balaban J connectivity index is 1.94. The molecule has 1 N–H and O–H groups in total. The number of amides is 2. The first-order valence-electron chi connectivity index (χ1n) is 10.2. The van der Waals surface area contributed by atoms with Crippen LogP contribution in [-0.4, -0.2) is 50.9 Å². The zero-order chi connectivity index (χ0) is 24.0. The molecule has 3 aromatic rings. The second kappa shape index (κ2) is 10.7. The van der Waals surface area contributed by atoms with E-state index in [1.54, 1.807) is 12.1 Å². The SMILES string of the molecule is CCOCCn1c(=NC(=O)CS(=O)(=O)c2ccc(OC)cc2)sc2cc(NC(C)=O)ccc21. The summed E-state index contributed by atoms with van der Waals surface area (Å²) in [5.74, 6) is -1.20. The summed E-state index contributed by atoms with van der Waals surface area (Å²) in [5, 5.41) is 2.72. The van der Waals surface area contributed by atoms with E-state index in [9.17, 15) is 18.0 Å². The van der Waals surface area contributed by atoms with Crippen molar-refractivity contribution in [2.75, 3.05) is 31.4 Å². The van der Waals surface area contributed by atoms with Crippen molar-refractivity contribution < 1.29 is 27.5 Å². The smallest absolute Gasteiger partial charge is 0.263 e. The normalized spacial score (nSPS) is 12.2. The molecule has 1 aromatic heterocycles. The van der Waals surface area contributed by atoms with Gasteiger partial charge < -0.3 is 19.4 Å². The minimum absolute atomic E-state index is 0.0207. The van der Waals surface area contributed by atoms with Crippen molar-refractivity contribution in [1.82, 2.24) is 4.57 Å². The Morgan fingerprint density at radius 2 is 1.88 bits per heavy atom. The minimum atomic E-state index is -3.86. The number of fused-ring (bicyclic) bond motifs is 1. The minimum Gasteiger partial charge on any atom is -0.497 e. The van der Waals surface area contributed by atoms with Crippen LogP contribution in [0.2, 0.25) is 0 Å². The number of rotatable bonds is 9. The first kappa shape index (κ1) is 24.6. The molecule has 11 heteroatoms. The predicted molar refractivity (Wildman–Crippen MR) is 126 cm³/mol. The summed E-state index contributed by atoms with van der Waals surface area (Å²) < 4.78 is 38.4. The number of benzene rings is 2. The predicted octanol–water partition coefficient (Wildman–Crippen LogP) is 2.61. The van der Waals surface area contributed by atoms with E-state index in [1.165, 1.54) is 49.6 Å². The number of carbonyl (C=O) groups is 2. The van der Waals surface area contributed by atoms with Gasteiger partial charge in [-0.1, -0.05) is 11.3 Å². The lowest BCUT2D eigenvalue weighted by Crippen LogP contribution is -2.22. The summed E-state index contributed by atoms with van der Waals surface area (Å²) in [7, 11) is -2.38. The van der Waals surface area contributed by atoms with E-state index in [2.05, 4.69) is 10.3 Å². The van der Waals surface area contributed by atoms with Gasteiger partial charge in [-0.25, -0.2) is 8.42 Å².